The van der Waals surface area contributed by atoms with Gasteiger partial charge in [0.05, 0.1) is 12.6 Å². The van der Waals surface area contributed by atoms with Crippen molar-refractivity contribution in [2.24, 2.45) is 0 Å². The molecule has 0 saturated carbocycles. The standard InChI is InChI=1S/C15H20F2N2O2/c1-18(2)7-11-6-12(20)8-19(11)9-15(21)10-3-4-13(16)14(17)5-10/h3-5,11-12,20H,6-9H2,1-2H3. The van der Waals surface area contributed by atoms with E-state index < -0.39 is 17.7 Å². The Labute approximate surface area is 123 Å². The van der Waals surface area contributed by atoms with E-state index in [0.717, 1.165) is 18.7 Å². The van der Waals surface area contributed by atoms with Crippen molar-refractivity contribution in [3.63, 3.8) is 0 Å². The molecule has 0 bridgehead atoms. The summed E-state index contributed by atoms with van der Waals surface area (Å²) in [5.74, 6) is -2.26. The second-order valence-corrected chi connectivity index (χ2v) is 5.79. The largest absolute Gasteiger partial charge is 0.392 e. The first-order chi connectivity index (χ1) is 9.86. The molecule has 2 unspecified atom stereocenters. The molecule has 21 heavy (non-hydrogen) atoms. The predicted molar refractivity (Wildman–Crippen MR) is 75.2 cm³/mol. The number of carbonyl (C=O) groups excluding carboxylic acids is 1. The summed E-state index contributed by atoms with van der Waals surface area (Å²) >= 11 is 0. The number of nitrogens with zero attached hydrogens (tertiary/aromatic N) is 2. The van der Waals surface area contributed by atoms with Crippen molar-refractivity contribution in [1.29, 1.82) is 0 Å². The molecule has 1 N–H and O–H groups in total. The average molecular weight is 298 g/mol. The molecule has 1 saturated heterocycles. The smallest absolute Gasteiger partial charge is 0.176 e. The summed E-state index contributed by atoms with van der Waals surface area (Å²) in [7, 11) is 3.86. The van der Waals surface area contributed by atoms with Crippen molar-refractivity contribution >= 4 is 5.78 Å². The Hall–Kier alpha value is -1.37. The number of hydrogen-bond donors (Lipinski definition) is 1. The zero-order valence-corrected chi connectivity index (χ0v) is 12.2. The molecule has 0 radical (unpaired) electrons. The van der Waals surface area contributed by atoms with Crippen LogP contribution < -0.4 is 0 Å². The van der Waals surface area contributed by atoms with Crippen molar-refractivity contribution in [2.45, 2.75) is 18.6 Å². The highest BCUT2D eigenvalue weighted by atomic mass is 19.2. The predicted octanol–water partition coefficient (Wildman–Crippen LogP) is 1.14. The number of halogens is 2. The molecule has 116 valence electrons. The Kier molecular flexibility index (Phi) is 5.03. The Morgan fingerprint density at radius 3 is 2.71 bits per heavy atom. The lowest BCUT2D eigenvalue weighted by Gasteiger charge is -2.25. The van der Waals surface area contributed by atoms with Gasteiger partial charge in [-0.15, -0.1) is 0 Å². The number of rotatable bonds is 5. The lowest BCUT2D eigenvalue weighted by molar-refractivity contribution is 0.0901. The molecule has 1 aromatic rings. The van der Waals surface area contributed by atoms with Gasteiger partial charge in [-0.05, 0) is 38.7 Å². The van der Waals surface area contributed by atoms with Crippen molar-refractivity contribution < 1.29 is 18.7 Å². The molecule has 0 amide bonds. The fraction of sp³-hybridized carbons (Fsp3) is 0.533. The van der Waals surface area contributed by atoms with E-state index in [-0.39, 0.29) is 23.9 Å². The van der Waals surface area contributed by atoms with Crippen LogP contribution in [-0.4, -0.2) is 66.6 Å². The first-order valence-corrected chi connectivity index (χ1v) is 6.92. The lowest BCUT2D eigenvalue weighted by Crippen LogP contribution is -2.40. The Bertz CT molecular complexity index is 522. The number of β-amino-alcohol motifs (C(OH)–C–C–N with tert-alkyl or cyclic N) is 1. The first kappa shape index (κ1) is 16.0. The Morgan fingerprint density at radius 2 is 2.10 bits per heavy atom. The molecule has 1 aromatic carbocycles. The highest BCUT2D eigenvalue weighted by Crippen LogP contribution is 2.19. The highest BCUT2D eigenvalue weighted by molar-refractivity contribution is 5.97. The third kappa shape index (κ3) is 4.06. The SMILES string of the molecule is CN(C)CC1CC(O)CN1CC(=O)c1ccc(F)c(F)c1. The van der Waals surface area contributed by atoms with Gasteiger partial charge < -0.3 is 10.0 Å². The summed E-state index contributed by atoms with van der Waals surface area (Å²) in [6.07, 6.45) is 0.163. The van der Waals surface area contributed by atoms with E-state index >= 15 is 0 Å². The third-order valence-electron chi connectivity index (χ3n) is 3.67. The maximum absolute atomic E-state index is 13.2. The van der Waals surface area contributed by atoms with Gasteiger partial charge in [0, 0.05) is 24.7 Å². The second kappa shape index (κ2) is 6.60. The zero-order valence-electron chi connectivity index (χ0n) is 12.2. The molecule has 1 aliphatic heterocycles. The number of likely N-dealkylation sites (tertiary alicyclic amines) is 1. The molecule has 2 atom stereocenters. The molecule has 0 aromatic heterocycles. The fourth-order valence-electron chi connectivity index (χ4n) is 2.71. The van der Waals surface area contributed by atoms with Crippen molar-refractivity contribution in [3.05, 3.63) is 35.4 Å². The average Bonchev–Trinajstić information content (AvgIpc) is 2.71. The van der Waals surface area contributed by atoms with Crippen LogP contribution in [0.5, 0.6) is 0 Å². The molecular weight excluding hydrogens is 278 g/mol. The van der Waals surface area contributed by atoms with Gasteiger partial charge in [0.25, 0.3) is 0 Å². The van der Waals surface area contributed by atoms with Gasteiger partial charge in [0.1, 0.15) is 0 Å². The normalized spacial score (nSPS) is 23.0. The van der Waals surface area contributed by atoms with Crippen molar-refractivity contribution in [1.82, 2.24) is 9.80 Å². The number of carbonyl (C=O) groups is 1. The van der Waals surface area contributed by atoms with E-state index in [1.54, 1.807) is 0 Å². The molecular formula is C15H20F2N2O2. The first-order valence-electron chi connectivity index (χ1n) is 6.92. The Balaban J connectivity index is 2.05. The number of benzene rings is 1. The minimum Gasteiger partial charge on any atom is -0.392 e. The maximum Gasteiger partial charge on any atom is 0.176 e. The highest BCUT2D eigenvalue weighted by Gasteiger charge is 2.32. The molecule has 1 heterocycles. The van der Waals surface area contributed by atoms with E-state index in [0.29, 0.717) is 13.0 Å². The van der Waals surface area contributed by atoms with Gasteiger partial charge in [0.2, 0.25) is 0 Å². The second-order valence-electron chi connectivity index (χ2n) is 5.79. The molecule has 6 heteroatoms. The van der Waals surface area contributed by atoms with Crippen molar-refractivity contribution in [3.8, 4) is 0 Å². The van der Waals surface area contributed by atoms with Gasteiger partial charge in [-0.2, -0.15) is 0 Å². The monoisotopic (exact) mass is 298 g/mol. The quantitative estimate of drug-likeness (QED) is 0.828. The number of likely N-dealkylation sites (N-methyl/N-ethyl adjacent to an activating group) is 1. The fourth-order valence-corrected chi connectivity index (χ4v) is 2.71. The van der Waals surface area contributed by atoms with E-state index in [4.69, 9.17) is 0 Å². The molecule has 4 nitrogen and oxygen atoms in total. The summed E-state index contributed by atoms with van der Waals surface area (Å²) < 4.78 is 26.1. The summed E-state index contributed by atoms with van der Waals surface area (Å²) in [5, 5.41) is 9.77. The van der Waals surface area contributed by atoms with Crippen LogP contribution in [0.25, 0.3) is 0 Å². The van der Waals surface area contributed by atoms with Crippen LogP contribution in [0.15, 0.2) is 18.2 Å². The lowest BCUT2D eigenvalue weighted by atomic mass is 10.1. The van der Waals surface area contributed by atoms with E-state index in [9.17, 15) is 18.7 Å². The molecule has 0 aliphatic carbocycles. The van der Waals surface area contributed by atoms with E-state index in [1.165, 1.54) is 6.07 Å². The van der Waals surface area contributed by atoms with Gasteiger partial charge in [0.15, 0.2) is 17.4 Å². The maximum atomic E-state index is 13.2. The van der Waals surface area contributed by atoms with Crippen molar-refractivity contribution in [2.75, 3.05) is 33.7 Å². The van der Waals surface area contributed by atoms with Crippen LogP contribution >= 0.6 is 0 Å². The molecule has 2 rings (SSSR count). The minimum atomic E-state index is -1.02. The number of aliphatic hydroxyl groups is 1. The van der Waals surface area contributed by atoms with Crippen LogP contribution in [0.2, 0.25) is 0 Å². The minimum absolute atomic E-state index is 0.0873. The van der Waals surface area contributed by atoms with E-state index in [2.05, 4.69) is 0 Å². The summed E-state index contributed by atoms with van der Waals surface area (Å²) in [5.41, 5.74) is 0.152. The van der Waals surface area contributed by atoms with E-state index in [1.807, 2.05) is 23.9 Å². The summed E-state index contributed by atoms with van der Waals surface area (Å²) in [6.45, 7) is 1.26. The molecule has 1 aliphatic rings. The topological polar surface area (TPSA) is 43.8 Å². The number of aliphatic hydroxyl groups excluding tert-OH is 1. The van der Waals surface area contributed by atoms with Gasteiger partial charge in [-0.3, -0.25) is 9.69 Å². The molecule has 0 spiro atoms. The van der Waals surface area contributed by atoms with Crippen LogP contribution in [0.4, 0.5) is 8.78 Å². The van der Waals surface area contributed by atoms with Gasteiger partial charge >= 0.3 is 0 Å². The summed E-state index contributed by atoms with van der Waals surface area (Å²) in [4.78, 5) is 16.1. The van der Waals surface area contributed by atoms with Gasteiger partial charge in [-0.25, -0.2) is 8.78 Å². The molecule has 1 fully saturated rings. The van der Waals surface area contributed by atoms with Gasteiger partial charge in [-0.1, -0.05) is 0 Å². The summed E-state index contributed by atoms with van der Waals surface area (Å²) in [6, 6.07) is 3.25. The zero-order chi connectivity index (χ0) is 15.6. The van der Waals surface area contributed by atoms with Crippen LogP contribution in [0.1, 0.15) is 16.8 Å². The van der Waals surface area contributed by atoms with Crippen LogP contribution in [0.3, 0.4) is 0 Å². The number of hydrogen-bond acceptors (Lipinski definition) is 4. The Morgan fingerprint density at radius 1 is 1.38 bits per heavy atom. The van der Waals surface area contributed by atoms with Crippen LogP contribution in [-0.2, 0) is 0 Å². The van der Waals surface area contributed by atoms with Crippen LogP contribution in [0, 0.1) is 11.6 Å². The number of Topliss-reactive ketones (excluding diaryl/α,β-unsaturated/α-hetero) is 1. The number of ketones is 1. The third-order valence-corrected chi connectivity index (χ3v) is 3.67.